The van der Waals surface area contributed by atoms with E-state index in [9.17, 15) is 13.2 Å². The average molecular weight is 269 g/mol. The molecule has 3 nitrogen and oxygen atoms in total. The number of rotatable bonds is 3. The lowest BCUT2D eigenvalue weighted by Gasteiger charge is -2.08. The number of hydrogen-bond acceptors (Lipinski definition) is 2. The van der Waals surface area contributed by atoms with Crippen LogP contribution in [-0.4, -0.2) is 9.55 Å². The van der Waals surface area contributed by atoms with Gasteiger partial charge in [-0.15, -0.1) is 0 Å². The first kappa shape index (κ1) is 13.5. The van der Waals surface area contributed by atoms with Gasteiger partial charge < -0.3 is 10.3 Å². The Hall–Kier alpha value is -1.98. The van der Waals surface area contributed by atoms with E-state index in [0.29, 0.717) is 18.5 Å². The summed E-state index contributed by atoms with van der Waals surface area (Å²) in [6, 6.07) is 1.26. The maximum absolute atomic E-state index is 13.7. The van der Waals surface area contributed by atoms with Crippen molar-refractivity contribution in [1.82, 2.24) is 9.55 Å². The molecular formula is C13H14F3N3. The van der Waals surface area contributed by atoms with Gasteiger partial charge in [0.1, 0.15) is 17.3 Å². The zero-order valence-electron chi connectivity index (χ0n) is 10.6. The fraction of sp³-hybridized carbons (Fsp3) is 0.308. The topological polar surface area (TPSA) is 43.8 Å². The zero-order chi connectivity index (χ0) is 14.2. The minimum absolute atomic E-state index is 0.122. The fourth-order valence-corrected chi connectivity index (χ4v) is 1.84. The van der Waals surface area contributed by atoms with Crippen LogP contribution in [0.4, 0.5) is 19.0 Å². The van der Waals surface area contributed by atoms with E-state index in [1.54, 1.807) is 4.57 Å². The summed E-state index contributed by atoms with van der Waals surface area (Å²) in [7, 11) is 0. The second kappa shape index (κ2) is 4.95. The number of imidazole rings is 1. The van der Waals surface area contributed by atoms with Crippen LogP contribution < -0.4 is 5.73 Å². The van der Waals surface area contributed by atoms with Crippen LogP contribution in [0.5, 0.6) is 0 Å². The van der Waals surface area contributed by atoms with E-state index in [-0.39, 0.29) is 17.1 Å². The first-order valence-electron chi connectivity index (χ1n) is 5.85. The van der Waals surface area contributed by atoms with Crippen molar-refractivity contribution in [3.05, 3.63) is 35.9 Å². The van der Waals surface area contributed by atoms with Gasteiger partial charge in [0, 0.05) is 18.2 Å². The Balaban J connectivity index is 2.48. The summed E-state index contributed by atoms with van der Waals surface area (Å²) in [5.41, 5.74) is 5.84. The van der Waals surface area contributed by atoms with Crippen molar-refractivity contribution < 1.29 is 13.2 Å². The number of aromatic nitrogens is 2. The largest absolute Gasteiger partial charge is 0.383 e. The average Bonchev–Trinajstić information content (AvgIpc) is 2.65. The van der Waals surface area contributed by atoms with Crippen molar-refractivity contribution in [3.63, 3.8) is 0 Å². The zero-order valence-corrected chi connectivity index (χ0v) is 10.6. The van der Waals surface area contributed by atoms with E-state index in [4.69, 9.17) is 5.73 Å². The van der Waals surface area contributed by atoms with Gasteiger partial charge in [-0.25, -0.2) is 18.2 Å². The number of nitrogens with two attached hydrogens (primary N) is 1. The fourth-order valence-electron chi connectivity index (χ4n) is 1.84. The quantitative estimate of drug-likeness (QED) is 0.869. The molecule has 0 atom stereocenters. The van der Waals surface area contributed by atoms with Gasteiger partial charge in [-0.1, -0.05) is 13.8 Å². The van der Waals surface area contributed by atoms with Crippen LogP contribution in [0.15, 0.2) is 18.5 Å². The highest BCUT2D eigenvalue weighted by atomic mass is 19.2. The Kier molecular flexibility index (Phi) is 3.50. The van der Waals surface area contributed by atoms with E-state index in [0.717, 1.165) is 6.07 Å². The van der Waals surface area contributed by atoms with Crippen LogP contribution in [0.25, 0.3) is 11.3 Å². The molecule has 2 N–H and O–H groups in total. The number of halogens is 3. The predicted molar refractivity (Wildman–Crippen MR) is 66.8 cm³/mol. The molecule has 0 saturated carbocycles. The van der Waals surface area contributed by atoms with Gasteiger partial charge in [0.2, 0.25) is 0 Å². The minimum atomic E-state index is -1.23. The highest BCUT2D eigenvalue weighted by Crippen LogP contribution is 2.28. The monoisotopic (exact) mass is 269 g/mol. The van der Waals surface area contributed by atoms with E-state index >= 15 is 0 Å². The van der Waals surface area contributed by atoms with Crippen molar-refractivity contribution >= 4 is 5.82 Å². The highest BCUT2D eigenvalue weighted by Gasteiger charge is 2.17. The van der Waals surface area contributed by atoms with Crippen molar-refractivity contribution in [2.45, 2.75) is 20.4 Å². The molecule has 2 aromatic rings. The number of hydrogen-bond donors (Lipinski definition) is 1. The SMILES string of the molecule is CC(C)Cn1cnc(-c2cc(F)c(F)cc2F)c1N. The smallest absolute Gasteiger partial charge is 0.161 e. The summed E-state index contributed by atoms with van der Waals surface area (Å²) >= 11 is 0. The molecule has 0 aliphatic heterocycles. The highest BCUT2D eigenvalue weighted by molar-refractivity contribution is 5.71. The molecule has 0 spiro atoms. The molecule has 0 amide bonds. The molecule has 2 rings (SSSR count). The van der Waals surface area contributed by atoms with Gasteiger partial charge in [-0.05, 0) is 12.0 Å². The predicted octanol–water partition coefficient (Wildman–Crippen LogP) is 3.21. The molecule has 102 valence electrons. The van der Waals surface area contributed by atoms with E-state index in [1.165, 1.54) is 6.33 Å². The van der Waals surface area contributed by atoms with Gasteiger partial charge >= 0.3 is 0 Å². The van der Waals surface area contributed by atoms with Crippen molar-refractivity contribution in [2.75, 3.05) is 5.73 Å². The molecule has 19 heavy (non-hydrogen) atoms. The van der Waals surface area contributed by atoms with Crippen LogP contribution in [0.2, 0.25) is 0 Å². The van der Waals surface area contributed by atoms with Gasteiger partial charge in [-0.2, -0.15) is 0 Å². The second-order valence-electron chi connectivity index (χ2n) is 4.77. The third-order valence-electron chi connectivity index (χ3n) is 2.71. The molecule has 6 heteroatoms. The molecule has 0 bridgehead atoms. The molecule has 0 fully saturated rings. The maximum atomic E-state index is 13.7. The van der Waals surface area contributed by atoms with Crippen LogP contribution in [0, 0.1) is 23.4 Å². The van der Waals surface area contributed by atoms with Crippen LogP contribution in [0.1, 0.15) is 13.8 Å². The summed E-state index contributed by atoms with van der Waals surface area (Å²) in [6.07, 6.45) is 1.46. The second-order valence-corrected chi connectivity index (χ2v) is 4.77. The summed E-state index contributed by atoms with van der Waals surface area (Å²) < 4.78 is 41.4. The number of nitrogen functional groups attached to an aromatic ring is 1. The molecule has 1 heterocycles. The molecule has 0 aliphatic carbocycles. The lowest BCUT2D eigenvalue weighted by molar-refractivity contribution is 0.496. The summed E-state index contributed by atoms with van der Waals surface area (Å²) in [4.78, 5) is 3.98. The van der Waals surface area contributed by atoms with Gasteiger partial charge in [0.25, 0.3) is 0 Å². The van der Waals surface area contributed by atoms with E-state index in [2.05, 4.69) is 4.98 Å². The van der Waals surface area contributed by atoms with Crippen LogP contribution >= 0.6 is 0 Å². The third-order valence-corrected chi connectivity index (χ3v) is 2.71. The Labute approximate surface area is 108 Å². The first-order chi connectivity index (χ1) is 8.90. The summed E-state index contributed by atoms with van der Waals surface area (Å²) in [5.74, 6) is -2.69. The van der Waals surface area contributed by atoms with Gasteiger partial charge in [-0.3, -0.25) is 0 Å². The molecular weight excluding hydrogens is 255 g/mol. The van der Waals surface area contributed by atoms with Gasteiger partial charge in [0.15, 0.2) is 11.6 Å². The maximum Gasteiger partial charge on any atom is 0.161 e. The van der Waals surface area contributed by atoms with Crippen molar-refractivity contribution in [2.24, 2.45) is 5.92 Å². The number of benzene rings is 1. The Bertz CT molecular complexity index is 605. The molecule has 1 aromatic carbocycles. The van der Waals surface area contributed by atoms with E-state index in [1.807, 2.05) is 13.8 Å². The Morgan fingerprint density at radius 2 is 1.79 bits per heavy atom. The van der Waals surface area contributed by atoms with Crippen molar-refractivity contribution in [1.29, 1.82) is 0 Å². The molecule has 1 aromatic heterocycles. The lowest BCUT2D eigenvalue weighted by Crippen LogP contribution is -2.07. The number of anilines is 1. The first-order valence-corrected chi connectivity index (χ1v) is 5.85. The molecule has 0 radical (unpaired) electrons. The lowest BCUT2D eigenvalue weighted by atomic mass is 10.1. The van der Waals surface area contributed by atoms with Crippen molar-refractivity contribution in [3.8, 4) is 11.3 Å². The third kappa shape index (κ3) is 2.57. The molecule has 0 saturated heterocycles. The Morgan fingerprint density at radius 3 is 2.42 bits per heavy atom. The molecule has 0 aliphatic rings. The van der Waals surface area contributed by atoms with E-state index < -0.39 is 17.5 Å². The standard InChI is InChI=1S/C13H14F3N3/c1-7(2)5-19-6-18-12(13(19)17)8-3-10(15)11(16)4-9(8)14/h3-4,6-7H,5,17H2,1-2H3. The summed E-state index contributed by atoms with van der Waals surface area (Å²) in [6.45, 7) is 4.61. The summed E-state index contributed by atoms with van der Waals surface area (Å²) in [5, 5.41) is 0. The Morgan fingerprint density at radius 1 is 1.16 bits per heavy atom. The van der Waals surface area contributed by atoms with Gasteiger partial charge in [0.05, 0.1) is 6.33 Å². The normalized spacial score (nSPS) is 11.3. The minimum Gasteiger partial charge on any atom is -0.383 e. The van der Waals surface area contributed by atoms with Crippen LogP contribution in [0.3, 0.4) is 0 Å². The van der Waals surface area contributed by atoms with Crippen LogP contribution in [-0.2, 0) is 6.54 Å². The molecule has 0 unspecified atom stereocenters. The number of nitrogens with zero attached hydrogens (tertiary/aromatic N) is 2.